The van der Waals surface area contributed by atoms with Gasteiger partial charge in [0.1, 0.15) is 0 Å². The average Bonchev–Trinajstić information content (AvgIpc) is 2.95. The molecule has 0 aliphatic heterocycles. The van der Waals surface area contributed by atoms with E-state index < -0.39 is 23.6 Å². The molecule has 0 fully saturated rings. The van der Waals surface area contributed by atoms with Gasteiger partial charge in [-0.3, -0.25) is 9.48 Å². The van der Waals surface area contributed by atoms with Gasteiger partial charge in [0, 0.05) is 19.3 Å². The molecule has 0 saturated heterocycles. The third-order valence-corrected chi connectivity index (χ3v) is 4.61. The Morgan fingerprint density at radius 1 is 1.25 bits per heavy atom. The monoisotopic (exact) mass is 388 g/mol. The summed E-state index contributed by atoms with van der Waals surface area (Å²) in [4.78, 5) is 17.4. The lowest BCUT2D eigenvalue weighted by Gasteiger charge is -2.14. The summed E-state index contributed by atoms with van der Waals surface area (Å²) >= 11 is 0. The fourth-order valence-electron chi connectivity index (χ4n) is 3.06. The van der Waals surface area contributed by atoms with E-state index in [1.165, 1.54) is 6.07 Å². The zero-order valence-corrected chi connectivity index (χ0v) is 16.1. The molecule has 0 aliphatic carbocycles. The van der Waals surface area contributed by atoms with Crippen LogP contribution in [0, 0.1) is 18.6 Å². The number of amides is 1. The summed E-state index contributed by atoms with van der Waals surface area (Å²) in [5.41, 5.74) is 2.62. The quantitative estimate of drug-likeness (QED) is 0.704. The predicted octanol–water partition coefficient (Wildman–Crippen LogP) is 3.14. The van der Waals surface area contributed by atoms with E-state index in [0.29, 0.717) is 22.3 Å². The van der Waals surface area contributed by atoms with Crippen LogP contribution >= 0.6 is 0 Å². The van der Waals surface area contributed by atoms with E-state index in [1.807, 2.05) is 13.8 Å². The molecule has 3 aromatic rings. The van der Waals surface area contributed by atoms with Gasteiger partial charge in [0.2, 0.25) is 0 Å². The normalized spacial score (nSPS) is 12.6. The van der Waals surface area contributed by atoms with Gasteiger partial charge in [0.05, 0.1) is 22.7 Å². The number of carbonyl (C=O) groups is 1. The minimum Gasteiger partial charge on any atom is -0.387 e. The highest BCUT2D eigenvalue weighted by Crippen LogP contribution is 2.25. The largest absolute Gasteiger partial charge is 0.387 e. The summed E-state index contributed by atoms with van der Waals surface area (Å²) in [7, 11) is 1.76. The number of fused-ring (bicyclic) bond motifs is 1. The van der Waals surface area contributed by atoms with Gasteiger partial charge in [0.25, 0.3) is 5.91 Å². The number of hydrogen-bond acceptors (Lipinski definition) is 4. The fourth-order valence-corrected chi connectivity index (χ4v) is 3.06. The number of halogens is 2. The molecule has 2 N–H and O–H groups in total. The van der Waals surface area contributed by atoms with Gasteiger partial charge < -0.3 is 10.4 Å². The molecule has 2 aromatic heterocycles. The van der Waals surface area contributed by atoms with Crippen molar-refractivity contribution in [1.29, 1.82) is 0 Å². The highest BCUT2D eigenvalue weighted by atomic mass is 19.2. The van der Waals surface area contributed by atoms with Crippen molar-refractivity contribution in [2.75, 3.05) is 6.54 Å². The van der Waals surface area contributed by atoms with Crippen molar-refractivity contribution in [3.8, 4) is 0 Å². The maximum absolute atomic E-state index is 13.4. The molecule has 148 valence electrons. The molecule has 1 unspecified atom stereocenters. The highest BCUT2D eigenvalue weighted by Gasteiger charge is 2.20. The molecule has 1 amide bonds. The number of aromatic nitrogens is 3. The van der Waals surface area contributed by atoms with Crippen LogP contribution in [0.2, 0.25) is 0 Å². The Morgan fingerprint density at radius 3 is 2.61 bits per heavy atom. The summed E-state index contributed by atoms with van der Waals surface area (Å²) < 4.78 is 28.0. The van der Waals surface area contributed by atoms with Crippen molar-refractivity contribution in [2.45, 2.75) is 32.8 Å². The Bertz CT molecular complexity index is 1050. The van der Waals surface area contributed by atoms with Crippen LogP contribution in [0.4, 0.5) is 8.78 Å². The topological polar surface area (TPSA) is 80.0 Å². The van der Waals surface area contributed by atoms with Crippen LogP contribution in [-0.2, 0) is 7.05 Å². The standard InChI is InChI=1S/C20H22F2N4O2/c1-10(2)16-8-13(18-11(3)25-26(4)19(18)24-16)20(28)23-9-17(27)12-5-6-14(21)15(22)7-12/h5-8,10,17,27H,9H2,1-4H3,(H,23,28). The number of aryl methyl sites for hydroxylation is 2. The summed E-state index contributed by atoms with van der Waals surface area (Å²) in [6.07, 6.45) is -1.17. The molecule has 2 heterocycles. The summed E-state index contributed by atoms with van der Waals surface area (Å²) in [5.74, 6) is -2.33. The molecule has 1 atom stereocenters. The van der Waals surface area contributed by atoms with E-state index in [0.717, 1.165) is 17.8 Å². The van der Waals surface area contributed by atoms with E-state index in [4.69, 9.17) is 0 Å². The lowest BCUT2D eigenvalue weighted by molar-refractivity contribution is 0.0917. The second-order valence-corrected chi connectivity index (χ2v) is 7.06. The molecule has 28 heavy (non-hydrogen) atoms. The Kier molecular flexibility index (Phi) is 5.42. The maximum Gasteiger partial charge on any atom is 0.252 e. The summed E-state index contributed by atoms with van der Waals surface area (Å²) in [6, 6.07) is 4.86. The van der Waals surface area contributed by atoms with Crippen molar-refractivity contribution >= 4 is 16.9 Å². The van der Waals surface area contributed by atoms with Crippen molar-refractivity contribution in [3.05, 3.63) is 58.4 Å². The van der Waals surface area contributed by atoms with E-state index in [2.05, 4.69) is 15.4 Å². The number of aliphatic hydroxyl groups excluding tert-OH is 1. The Labute approximate surface area is 161 Å². The molecule has 0 aliphatic rings. The minimum atomic E-state index is -1.17. The molecule has 0 radical (unpaired) electrons. The van der Waals surface area contributed by atoms with Crippen LogP contribution in [0.1, 0.15) is 53.2 Å². The first-order valence-corrected chi connectivity index (χ1v) is 8.94. The number of carbonyl (C=O) groups excluding carboxylic acids is 1. The molecule has 0 spiro atoms. The number of rotatable bonds is 5. The van der Waals surface area contributed by atoms with Gasteiger partial charge in [-0.05, 0) is 36.6 Å². The molecule has 3 rings (SSSR count). The maximum atomic E-state index is 13.4. The molecular weight excluding hydrogens is 366 g/mol. The zero-order chi connectivity index (χ0) is 20.6. The highest BCUT2D eigenvalue weighted by molar-refractivity contribution is 6.06. The third-order valence-electron chi connectivity index (χ3n) is 4.61. The number of hydrogen-bond donors (Lipinski definition) is 2. The van der Waals surface area contributed by atoms with Gasteiger partial charge in [-0.1, -0.05) is 19.9 Å². The first-order chi connectivity index (χ1) is 13.2. The number of pyridine rings is 1. The first-order valence-electron chi connectivity index (χ1n) is 8.94. The summed E-state index contributed by atoms with van der Waals surface area (Å²) in [6.45, 7) is 5.61. The van der Waals surface area contributed by atoms with Crippen molar-refractivity contribution in [1.82, 2.24) is 20.1 Å². The van der Waals surface area contributed by atoms with Gasteiger partial charge in [-0.15, -0.1) is 0 Å². The van der Waals surface area contributed by atoms with E-state index in [-0.39, 0.29) is 18.0 Å². The second-order valence-electron chi connectivity index (χ2n) is 7.06. The first kappa shape index (κ1) is 19.9. The van der Waals surface area contributed by atoms with E-state index in [9.17, 15) is 18.7 Å². The molecule has 6 nitrogen and oxygen atoms in total. The smallest absolute Gasteiger partial charge is 0.252 e. The van der Waals surface area contributed by atoms with Crippen LogP contribution in [0.5, 0.6) is 0 Å². The van der Waals surface area contributed by atoms with Gasteiger partial charge in [-0.25, -0.2) is 13.8 Å². The van der Waals surface area contributed by atoms with Crippen LogP contribution in [0.15, 0.2) is 24.3 Å². The minimum absolute atomic E-state index is 0.110. The Balaban J connectivity index is 1.87. The number of aliphatic hydroxyl groups is 1. The van der Waals surface area contributed by atoms with Gasteiger partial charge in [-0.2, -0.15) is 5.10 Å². The SMILES string of the molecule is Cc1nn(C)c2nc(C(C)C)cc(C(=O)NCC(O)c3ccc(F)c(F)c3)c12. The van der Waals surface area contributed by atoms with E-state index >= 15 is 0 Å². The average molecular weight is 388 g/mol. The number of benzene rings is 1. The number of nitrogens with one attached hydrogen (secondary N) is 1. The predicted molar refractivity (Wildman–Crippen MR) is 101 cm³/mol. The van der Waals surface area contributed by atoms with Crippen LogP contribution < -0.4 is 5.32 Å². The van der Waals surface area contributed by atoms with Crippen molar-refractivity contribution in [2.24, 2.45) is 7.05 Å². The van der Waals surface area contributed by atoms with Crippen LogP contribution in [0.25, 0.3) is 11.0 Å². The van der Waals surface area contributed by atoms with Crippen LogP contribution in [-0.4, -0.2) is 32.3 Å². The molecule has 0 bridgehead atoms. The summed E-state index contributed by atoms with van der Waals surface area (Å²) in [5, 5.41) is 17.9. The molecule has 8 heteroatoms. The molecule has 0 saturated carbocycles. The lowest BCUT2D eigenvalue weighted by Crippen LogP contribution is -2.29. The second kappa shape index (κ2) is 7.63. The molecular formula is C20H22F2N4O2. The van der Waals surface area contributed by atoms with Gasteiger partial charge in [0.15, 0.2) is 17.3 Å². The van der Waals surface area contributed by atoms with Gasteiger partial charge >= 0.3 is 0 Å². The zero-order valence-electron chi connectivity index (χ0n) is 16.1. The Morgan fingerprint density at radius 2 is 1.96 bits per heavy atom. The van der Waals surface area contributed by atoms with E-state index in [1.54, 1.807) is 24.7 Å². The Hall–Kier alpha value is -2.87. The third kappa shape index (κ3) is 3.73. The molecule has 1 aromatic carbocycles. The van der Waals surface area contributed by atoms with Crippen LogP contribution in [0.3, 0.4) is 0 Å². The van der Waals surface area contributed by atoms with Crippen molar-refractivity contribution < 1.29 is 18.7 Å². The number of nitrogens with zero attached hydrogens (tertiary/aromatic N) is 3. The lowest BCUT2D eigenvalue weighted by atomic mass is 10.0. The van der Waals surface area contributed by atoms with Crippen molar-refractivity contribution in [3.63, 3.8) is 0 Å². The fraction of sp³-hybridized carbons (Fsp3) is 0.350.